The topological polar surface area (TPSA) is 75.6 Å². The first-order valence-electron chi connectivity index (χ1n) is 12.6. The fourth-order valence-corrected chi connectivity index (χ4v) is 6.26. The number of halogens is 1. The lowest BCUT2D eigenvalue weighted by molar-refractivity contribution is -0.129. The largest absolute Gasteiger partial charge is 0.322 e. The standard InChI is InChI=1S/C29H26BrN5O/c30-23-2-1-3-24-26(23)35(17-29(12-13-31-16-29)27(36)19-6-7-19)28(33-24)20-8-4-18(5-9-20)21-10-11-22-15-32-34-25(22)14-21/h1-5,8-11,14-15,19,31H,6-7,12-13,16-17H2,(H,32,34)/t29-/m0/s1. The Morgan fingerprint density at radius 2 is 1.86 bits per heavy atom. The van der Waals surface area contributed by atoms with Gasteiger partial charge in [-0.25, -0.2) is 4.98 Å². The maximum absolute atomic E-state index is 13.5. The number of hydrogen-bond acceptors (Lipinski definition) is 4. The summed E-state index contributed by atoms with van der Waals surface area (Å²) in [5.74, 6) is 1.57. The zero-order valence-corrected chi connectivity index (χ0v) is 21.4. The van der Waals surface area contributed by atoms with Crippen LogP contribution in [0.15, 0.2) is 71.3 Å². The van der Waals surface area contributed by atoms with E-state index in [-0.39, 0.29) is 11.3 Å². The van der Waals surface area contributed by atoms with E-state index in [2.05, 4.69) is 90.6 Å². The van der Waals surface area contributed by atoms with Crippen LogP contribution in [-0.2, 0) is 11.3 Å². The van der Waals surface area contributed by atoms with Crippen molar-refractivity contribution in [3.05, 3.63) is 71.3 Å². The molecule has 6 nitrogen and oxygen atoms in total. The second kappa shape index (κ2) is 8.39. The molecule has 0 radical (unpaired) electrons. The van der Waals surface area contributed by atoms with Crippen molar-refractivity contribution < 1.29 is 4.79 Å². The van der Waals surface area contributed by atoms with E-state index < -0.39 is 0 Å². The van der Waals surface area contributed by atoms with E-state index in [0.29, 0.717) is 12.3 Å². The Bertz CT molecular complexity index is 1610. The predicted octanol–water partition coefficient (Wildman–Crippen LogP) is 5.97. The number of ketones is 1. The van der Waals surface area contributed by atoms with Gasteiger partial charge in [0.1, 0.15) is 11.6 Å². The summed E-state index contributed by atoms with van der Waals surface area (Å²) in [7, 11) is 0. The maximum atomic E-state index is 13.5. The van der Waals surface area contributed by atoms with Gasteiger partial charge in [0.25, 0.3) is 0 Å². The second-order valence-corrected chi connectivity index (χ2v) is 11.1. The van der Waals surface area contributed by atoms with Crippen molar-refractivity contribution in [3.8, 4) is 22.5 Å². The van der Waals surface area contributed by atoms with Gasteiger partial charge in [0.2, 0.25) is 0 Å². The molecule has 0 unspecified atom stereocenters. The van der Waals surface area contributed by atoms with Gasteiger partial charge >= 0.3 is 0 Å². The van der Waals surface area contributed by atoms with Gasteiger partial charge in [-0.05, 0) is 71.1 Å². The lowest BCUT2D eigenvalue weighted by atomic mass is 9.80. The van der Waals surface area contributed by atoms with E-state index in [9.17, 15) is 4.79 Å². The van der Waals surface area contributed by atoms with E-state index in [0.717, 1.165) is 81.3 Å². The second-order valence-electron chi connectivity index (χ2n) is 10.2. The molecule has 2 N–H and O–H groups in total. The van der Waals surface area contributed by atoms with Crippen molar-refractivity contribution in [1.82, 2.24) is 25.1 Å². The molecule has 1 saturated heterocycles. The smallest absolute Gasteiger partial charge is 0.145 e. The molecule has 1 saturated carbocycles. The SMILES string of the molecule is O=C(C1CC1)[C@@]1(Cn2c(-c3ccc(-c4ccc5cn[nH]c5c4)cc3)nc3cccc(Br)c32)CCNC1. The van der Waals surface area contributed by atoms with Crippen LogP contribution < -0.4 is 5.32 Å². The number of aromatic nitrogens is 4. The van der Waals surface area contributed by atoms with Crippen molar-refractivity contribution >= 4 is 43.6 Å². The minimum Gasteiger partial charge on any atom is -0.322 e. The zero-order valence-electron chi connectivity index (χ0n) is 19.8. The third-order valence-electron chi connectivity index (χ3n) is 7.81. The van der Waals surface area contributed by atoms with E-state index in [1.54, 1.807) is 0 Å². The normalized spacial score (nSPS) is 19.9. The Morgan fingerprint density at radius 1 is 1.06 bits per heavy atom. The summed E-state index contributed by atoms with van der Waals surface area (Å²) < 4.78 is 3.28. The first kappa shape index (κ1) is 21.9. The summed E-state index contributed by atoms with van der Waals surface area (Å²) in [6.45, 7) is 2.26. The van der Waals surface area contributed by atoms with E-state index in [4.69, 9.17) is 4.98 Å². The Morgan fingerprint density at radius 3 is 2.64 bits per heavy atom. The summed E-state index contributed by atoms with van der Waals surface area (Å²) in [5.41, 5.74) is 5.96. The van der Waals surface area contributed by atoms with Gasteiger partial charge < -0.3 is 9.88 Å². The van der Waals surface area contributed by atoms with Crippen LogP contribution in [0.25, 0.3) is 44.5 Å². The van der Waals surface area contributed by atoms with E-state index >= 15 is 0 Å². The third-order valence-corrected chi connectivity index (χ3v) is 8.45. The van der Waals surface area contributed by atoms with Gasteiger partial charge in [-0.3, -0.25) is 9.89 Å². The van der Waals surface area contributed by atoms with Crippen LogP contribution in [0.5, 0.6) is 0 Å². The lowest BCUT2D eigenvalue weighted by Crippen LogP contribution is -2.39. The minimum absolute atomic E-state index is 0.234. The number of carbonyl (C=O) groups excluding carboxylic acids is 1. The van der Waals surface area contributed by atoms with Crippen LogP contribution in [0.4, 0.5) is 0 Å². The quantitative estimate of drug-likeness (QED) is 0.279. The van der Waals surface area contributed by atoms with Crippen LogP contribution in [-0.4, -0.2) is 38.6 Å². The van der Waals surface area contributed by atoms with E-state index in [1.165, 1.54) is 0 Å². The molecule has 0 amide bonds. The summed E-state index contributed by atoms with van der Waals surface area (Å²) in [5, 5.41) is 11.8. The molecule has 0 bridgehead atoms. The highest BCUT2D eigenvalue weighted by Gasteiger charge is 2.48. The first-order valence-corrected chi connectivity index (χ1v) is 13.3. The monoisotopic (exact) mass is 539 g/mol. The summed E-state index contributed by atoms with van der Waals surface area (Å²) >= 11 is 3.77. The number of H-pyrrole nitrogens is 1. The summed E-state index contributed by atoms with van der Waals surface area (Å²) in [6.07, 6.45) is 4.79. The van der Waals surface area contributed by atoms with Crippen LogP contribution in [0.2, 0.25) is 0 Å². The number of nitrogens with one attached hydrogen (secondary N) is 2. The van der Waals surface area contributed by atoms with Crippen LogP contribution in [0, 0.1) is 11.3 Å². The molecular weight excluding hydrogens is 514 g/mol. The predicted molar refractivity (Wildman–Crippen MR) is 146 cm³/mol. The Hall–Kier alpha value is -3.29. The number of carbonyl (C=O) groups is 1. The molecule has 1 aliphatic carbocycles. The van der Waals surface area contributed by atoms with Gasteiger partial charge in [-0.2, -0.15) is 5.10 Å². The van der Waals surface area contributed by atoms with Crippen molar-refractivity contribution in [2.24, 2.45) is 11.3 Å². The Labute approximate surface area is 217 Å². The first-order chi connectivity index (χ1) is 17.6. The Kier molecular flexibility index (Phi) is 5.11. The fourth-order valence-electron chi connectivity index (χ4n) is 5.69. The number of imidazole rings is 1. The number of nitrogens with zero attached hydrogens (tertiary/aromatic N) is 3. The average molecular weight is 540 g/mol. The molecule has 7 heteroatoms. The Balaban J connectivity index is 1.31. The number of benzene rings is 3. The molecule has 2 aliphatic rings. The summed E-state index contributed by atoms with van der Waals surface area (Å²) in [6, 6.07) is 21.0. The van der Waals surface area contributed by atoms with Gasteiger partial charge in [0, 0.05) is 34.4 Å². The number of hydrogen-bond donors (Lipinski definition) is 2. The molecule has 3 aromatic carbocycles. The number of fused-ring (bicyclic) bond motifs is 2. The van der Waals surface area contributed by atoms with Crippen molar-refractivity contribution in [2.75, 3.05) is 13.1 Å². The van der Waals surface area contributed by atoms with Gasteiger partial charge in [0.05, 0.1) is 28.2 Å². The highest BCUT2D eigenvalue weighted by atomic mass is 79.9. The average Bonchev–Trinajstić information content (AvgIpc) is 3.28. The number of Topliss-reactive ketones (excluding diaryl/α,β-unsaturated/α-hetero) is 1. The molecule has 180 valence electrons. The molecule has 2 fully saturated rings. The zero-order chi connectivity index (χ0) is 24.3. The van der Waals surface area contributed by atoms with Gasteiger partial charge in [0.15, 0.2) is 0 Å². The number of rotatable bonds is 6. The highest BCUT2D eigenvalue weighted by Crippen LogP contribution is 2.43. The molecule has 1 aliphatic heterocycles. The number of para-hydroxylation sites is 1. The van der Waals surface area contributed by atoms with Crippen LogP contribution in [0.3, 0.4) is 0 Å². The fraction of sp³-hybridized carbons (Fsp3) is 0.276. The molecule has 5 aromatic rings. The van der Waals surface area contributed by atoms with Gasteiger partial charge in [-0.1, -0.05) is 42.5 Å². The number of aromatic amines is 1. The molecule has 0 spiro atoms. The molecule has 36 heavy (non-hydrogen) atoms. The molecule has 1 atom stereocenters. The van der Waals surface area contributed by atoms with Crippen LogP contribution >= 0.6 is 15.9 Å². The minimum atomic E-state index is -0.377. The van der Waals surface area contributed by atoms with Crippen LogP contribution in [0.1, 0.15) is 19.3 Å². The maximum Gasteiger partial charge on any atom is 0.145 e. The molecule has 3 heterocycles. The molecular formula is C29H26BrN5O. The molecule has 7 rings (SSSR count). The molecule has 2 aromatic heterocycles. The van der Waals surface area contributed by atoms with Gasteiger partial charge in [-0.15, -0.1) is 0 Å². The van der Waals surface area contributed by atoms with Crippen molar-refractivity contribution in [2.45, 2.75) is 25.8 Å². The lowest BCUT2D eigenvalue weighted by Gasteiger charge is -2.28. The third kappa shape index (κ3) is 3.61. The highest BCUT2D eigenvalue weighted by molar-refractivity contribution is 9.10. The van der Waals surface area contributed by atoms with E-state index in [1.807, 2.05) is 12.3 Å². The summed E-state index contributed by atoms with van der Waals surface area (Å²) in [4.78, 5) is 18.6. The van der Waals surface area contributed by atoms with Crippen molar-refractivity contribution in [3.63, 3.8) is 0 Å². The van der Waals surface area contributed by atoms with Crippen molar-refractivity contribution in [1.29, 1.82) is 0 Å².